The van der Waals surface area contributed by atoms with Crippen LogP contribution in [-0.4, -0.2) is 109 Å². The fourth-order valence-electron chi connectivity index (χ4n) is 7.21. The third-order valence-electron chi connectivity index (χ3n) is 9.38. The zero-order valence-corrected chi connectivity index (χ0v) is 22.0. The molecule has 4 heterocycles. The van der Waals surface area contributed by atoms with Gasteiger partial charge in [-0.25, -0.2) is 4.79 Å². The van der Waals surface area contributed by atoms with Gasteiger partial charge in [-0.1, -0.05) is 18.2 Å². The fourth-order valence-corrected chi connectivity index (χ4v) is 7.21. The molecule has 3 saturated carbocycles. The Morgan fingerprint density at radius 3 is 2.38 bits per heavy atom. The first-order valence-electron chi connectivity index (χ1n) is 13.5. The lowest BCUT2D eigenvalue weighted by atomic mass is 9.44. The third-order valence-corrected chi connectivity index (χ3v) is 9.38. The molecule has 3 aliphatic carbocycles. The molecular formula is C28H30O14. The normalized spacial score (nSPS) is 42.8. The van der Waals surface area contributed by atoms with E-state index in [0.717, 1.165) is 12.1 Å². The van der Waals surface area contributed by atoms with Crippen molar-refractivity contribution in [2.24, 2.45) is 11.3 Å². The number of carbonyl (C=O) groups excluding carboxylic acids is 1. The van der Waals surface area contributed by atoms with Crippen LogP contribution in [-0.2, 0) is 23.7 Å². The Bertz CT molecular complexity index is 1360. The van der Waals surface area contributed by atoms with Gasteiger partial charge in [-0.3, -0.25) is 0 Å². The smallest absolute Gasteiger partial charge is 0.338 e. The van der Waals surface area contributed by atoms with E-state index in [2.05, 4.69) is 0 Å². The summed E-state index contributed by atoms with van der Waals surface area (Å²) < 4.78 is 35.4. The maximum atomic E-state index is 12.8. The van der Waals surface area contributed by atoms with Gasteiger partial charge in [0, 0.05) is 24.5 Å². The molecule has 11 atom stereocenters. The summed E-state index contributed by atoms with van der Waals surface area (Å²) in [6.45, 7) is -0.626. The lowest BCUT2D eigenvalue weighted by molar-refractivity contribution is -0.403. The second-order valence-electron chi connectivity index (χ2n) is 11.5. The maximum Gasteiger partial charge on any atom is 0.338 e. The summed E-state index contributed by atoms with van der Waals surface area (Å²) in [5.41, 5.74) is -2.03. The molecule has 0 aromatic heterocycles. The van der Waals surface area contributed by atoms with Gasteiger partial charge in [0.15, 0.2) is 29.9 Å². The molecule has 7 N–H and O–H groups in total. The van der Waals surface area contributed by atoms with Gasteiger partial charge in [0.05, 0.1) is 17.1 Å². The van der Waals surface area contributed by atoms with Gasteiger partial charge in [0.2, 0.25) is 5.75 Å². The monoisotopic (exact) mass is 590 g/mol. The number of aliphatic hydroxyl groups excluding tert-OH is 3. The Kier molecular flexibility index (Phi) is 6.18. The number of aliphatic hydroxyl groups is 4. The molecule has 42 heavy (non-hydrogen) atoms. The number of esters is 1. The average Bonchev–Trinajstić information content (AvgIpc) is 3.18. The first-order chi connectivity index (χ1) is 20.0. The van der Waals surface area contributed by atoms with Crippen LogP contribution in [0.5, 0.6) is 23.0 Å². The summed E-state index contributed by atoms with van der Waals surface area (Å²) in [6.07, 6.45) is -9.15. The van der Waals surface area contributed by atoms with Crippen LogP contribution in [0.2, 0.25) is 0 Å². The van der Waals surface area contributed by atoms with E-state index in [1.807, 2.05) is 0 Å². The number of ether oxygens (including phenoxy) is 6. The number of aromatic hydroxyl groups is 3. The molecule has 11 unspecified atom stereocenters. The Morgan fingerprint density at radius 1 is 0.952 bits per heavy atom. The van der Waals surface area contributed by atoms with Crippen molar-refractivity contribution in [1.82, 2.24) is 0 Å². The molecule has 4 saturated heterocycles. The van der Waals surface area contributed by atoms with Crippen molar-refractivity contribution in [2.45, 2.75) is 67.3 Å². The van der Waals surface area contributed by atoms with Crippen molar-refractivity contribution in [3.05, 3.63) is 48.0 Å². The average molecular weight is 591 g/mol. The molecule has 0 spiro atoms. The van der Waals surface area contributed by atoms with E-state index < -0.39 is 95.6 Å². The molecule has 6 bridgehead atoms. The quantitative estimate of drug-likeness (QED) is 0.152. The van der Waals surface area contributed by atoms with Crippen molar-refractivity contribution in [2.75, 3.05) is 13.2 Å². The van der Waals surface area contributed by atoms with Crippen LogP contribution in [0.15, 0.2) is 42.5 Å². The second-order valence-corrected chi connectivity index (χ2v) is 11.5. The lowest BCUT2D eigenvalue weighted by Gasteiger charge is -2.64. The zero-order chi connectivity index (χ0) is 29.6. The van der Waals surface area contributed by atoms with Crippen LogP contribution in [0.1, 0.15) is 23.2 Å². The van der Waals surface area contributed by atoms with Crippen molar-refractivity contribution >= 4 is 5.97 Å². The Labute approximate surface area is 238 Å². The predicted molar refractivity (Wildman–Crippen MR) is 134 cm³/mol. The molecule has 14 heteroatoms. The number of phenolic OH excluding ortho intramolecular Hbond substituents is 3. The molecule has 0 amide bonds. The van der Waals surface area contributed by atoms with Gasteiger partial charge in [-0.15, -0.1) is 0 Å². The fraction of sp³-hybridized carbons (Fsp3) is 0.536. The van der Waals surface area contributed by atoms with Gasteiger partial charge in [-0.2, -0.15) is 0 Å². The van der Waals surface area contributed by atoms with Crippen molar-refractivity contribution < 1.29 is 69.0 Å². The van der Waals surface area contributed by atoms with E-state index in [1.54, 1.807) is 30.3 Å². The summed E-state index contributed by atoms with van der Waals surface area (Å²) in [6, 6.07) is 10.4. The Balaban J connectivity index is 1.11. The predicted octanol–water partition coefficient (Wildman–Crippen LogP) is -0.544. The molecule has 7 fully saturated rings. The first kappa shape index (κ1) is 27.6. The highest BCUT2D eigenvalue weighted by atomic mass is 16.8. The molecule has 226 valence electrons. The van der Waals surface area contributed by atoms with Crippen LogP contribution in [0.4, 0.5) is 0 Å². The van der Waals surface area contributed by atoms with Crippen LogP contribution in [0, 0.1) is 11.3 Å². The van der Waals surface area contributed by atoms with Crippen LogP contribution in [0.25, 0.3) is 0 Å². The van der Waals surface area contributed by atoms with E-state index in [9.17, 15) is 40.5 Å². The maximum absolute atomic E-state index is 12.8. The van der Waals surface area contributed by atoms with E-state index in [1.165, 1.54) is 0 Å². The third kappa shape index (κ3) is 3.70. The minimum atomic E-state index is -1.71. The lowest BCUT2D eigenvalue weighted by Crippen LogP contribution is -2.77. The van der Waals surface area contributed by atoms with Gasteiger partial charge < -0.3 is 64.2 Å². The molecule has 0 radical (unpaired) electrons. The van der Waals surface area contributed by atoms with Crippen molar-refractivity contribution in [3.63, 3.8) is 0 Å². The summed E-state index contributed by atoms with van der Waals surface area (Å²) in [7, 11) is 0. The summed E-state index contributed by atoms with van der Waals surface area (Å²) in [4.78, 5) is 12.8. The highest BCUT2D eigenvalue weighted by Gasteiger charge is 2.91. The molecule has 7 aliphatic rings. The number of rotatable bonds is 8. The summed E-state index contributed by atoms with van der Waals surface area (Å²) in [5.74, 6) is -4.69. The summed E-state index contributed by atoms with van der Waals surface area (Å²) >= 11 is 0. The van der Waals surface area contributed by atoms with E-state index >= 15 is 0 Å². The van der Waals surface area contributed by atoms with Crippen LogP contribution in [0.3, 0.4) is 0 Å². The first-order valence-corrected chi connectivity index (χ1v) is 13.5. The molecule has 2 aromatic rings. The molecule has 14 nitrogen and oxygen atoms in total. The van der Waals surface area contributed by atoms with Crippen LogP contribution >= 0.6 is 0 Å². The largest absolute Gasteiger partial charge is 0.504 e. The topological polar surface area (TPSA) is 214 Å². The molecule has 4 aliphatic heterocycles. The minimum Gasteiger partial charge on any atom is -0.504 e. The highest BCUT2D eigenvalue weighted by molar-refractivity contribution is 5.89. The standard InChI is InChI=1S/C28H30O14/c29-14-6-13(7-15(30)19(14)31)37-10-16-20(32)21(33)22(34)24(39-16)41-27-8-17-26(27,25-40-18(27)9-28(17,36)42-25)11-38-23(35)12-4-2-1-3-5-12/h1-7,16-18,20-22,24-25,29-34,36H,8-11H2. The van der Waals surface area contributed by atoms with Crippen molar-refractivity contribution in [3.8, 4) is 23.0 Å². The van der Waals surface area contributed by atoms with Gasteiger partial charge in [0.25, 0.3) is 0 Å². The highest BCUT2D eigenvalue weighted by Crippen LogP contribution is 2.78. The number of carbonyl (C=O) groups is 1. The molecular weight excluding hydrogens is 560 g/mol. The number of hydrogen-bond acceptors (Lipinski definition) is 14. The zero-order valence-electron chi connectivity index (χ0n) is 22.0. The molecule has 9 rings (SSSR count). The Morgan fingerprint density at radius 2 is 1.67 bits per heavy atom. The Hall–Kier alpha value is -3.21. The number of phenols is 3. The van der Waals surface area contributed by atoms with E-state index in [0.29, 0.717) is 5.56 Å². The van der Waals surface area contributed by atoms with Crippen LogP contribution < -0.4 is 4.74 Å². The number of benzene rings is 2. The van der Waals surface area contributed by atoms with Gasteiger partial charge in [0.1, 0.15) is 49.0 Å². The van der Waals surface area contributed by atoms with E-state index in [4.69, 9.17) is 28.4 Å². The van der Waals surface area contributed by atoms with E-state index in [-0.39, 0.29) is 25.2 Å². The SMILES string of the molecule is O=C(OCC12C3OC4CC(O)(O3)C1CC42OC1OC(COc2cc(O)c(O)c(O)c2)C(O)C(O)C1O)c1ccccc1. The summed E-state index contributed by atoms with van der Waals surface area (Å²) in [5, 5.41) is 72.3. The van der Waals surface area contributed by atoms with Crippen molar-refractivity contribution in [1.29, 1.82) is 0 Å². The molecule has 2 aromatic carbocycles. The van der Waals surface area contributed by atoms with Gasteiger partial charge >= 0.3 is 5.97 Å². The number of hydrogen-bond donors (Lipinski definition) is 7. The minimum absolute atomic E-state index is 0.0664. The van der Waals surface area contributed by atoms with Gasteiger partial charge in [-0.05, 0) is 18.6 Å². The second kappa shape index (κ2) is 9.39.